The third kappa shape index (κ3) is 2.70. The number of nitrogens with zero attached hydrogens (tertiary/aromatic N) is 1. The van der Waals surface area contributed by atoms with E-state index >= 15 is 0 Å². The Balaban J connectivity index is 1.48. The van der Waals surface area contributed by atoms with Crippen LogP contribution in [-0.4, -0.2) is 34.8 Å². The first-order valence-electron chi connectivity index (χ1n) is 8.70. The Bertz CT molecular complexity index is 754. The number of fused-ring (bicyclic) bond motifs is 2. The summed E-state index contributed by atoms with van der Waals surface area (Å²) in [5.74, 6) is -2.20. The molecule has 1 saturated heterocycles. The van der Waals surface area contributed by atoms with Gasteiger partial charge in [-0.1, -0.05) is 0 Å². The van der Waals surface area contributed by atoms with Gasteiger partial charge in [-0.25, -0.2) is 8.78 Å². The normalized spacial score (nSPS) is 30.8. The Kier molecular flexibility index (Phi) is 3.79. The summed E-state index contributed by atoms with van der Waals surface area (Å²) in [6.45, 7) is 0. The molecule has 4 rings (SSSR count). The number of rotatable bonds is 4. The number of hydrogen-bond acceptors (Lipinski definition) is 3. The predicted octanol–water partition coefficient (Wildman–Crippen LogP) is 1.19. The van der Waals surface area contributed by atoms with Crippen molar-refractivity contribution in [1.29, 1.82) is 0 Å². The second-order valence-electron chi connectivity index (χ2n) is 7.50. The standard InChI is InChI=1S/C18H21F2N3O2/c19-12-3-8-1-2-10(11(8)6-13(12)20)14(21)7-17(24)23-15-4-9(15)5-16(23)18(22)25/h3,6,9-10,14-16H,1-2,4-5,7,21H2,(H2,22,25). The number of nitrogens with two attached hydrogens (primary N) is 2. The quantitative estimate of drug-likeness (QED) is 0.856. The topological polar surface area (TPSA) is 89.4 Å². The molecule has 3 aliphatic rings. The van der Waals surface area contributed by atoms with Gasteiger partial charge in [-0.2, -0.15) is 0 Å². The van der Waals surface area contributed by atoms with Crippen molar-refractivity contribution in [2.75, 3.05) is 0 Å². The first-order chi connectivity index (χ1) is 11.9. The molecule has 0 spiro atoms. The molecule has 5 atom stereocenters. The Morgan fingerprint density at radius 3 is 2.68 bits per heavy atom. The third-order valence-electron chi connectivity index (χ3n) is 5.95. The molecule has 1 aliphatic heterocycles. The molecule has 5 unspecified atom stereocenters. The Hall–Kier alpha value is -2.02. The number of hydrogen-bond donors (Lipinski definition) is 2. The maximum Gasteiger partial charge on any atom is 0.240 e. The van der Waals surface area contributed by atoms with E-state index in [1.165, 1.54) is 12.1 Å². The fraction of sp³-hybridized carbons (Fsp3) is 0.556. The monoisotopic (exact) mass is 349 g/mol. The van der Waals surface area contributed by atoms with Crippen LogP contribution in [0, 0.1) is 17.6 Å². The van der Waals surface area contributed by atoms with E-state index in [0.717, 1.165) is 12.0 Å². The lowest BCUT2D eigenvalue weighted by Gasteiger charge is -2.28. The van der Waals surface area contributed by atoms with E-state index in [2.05, 4.69) is 0 Å². The number of piperidine rings is 1. The van der Waals surface area contributed by atoms with Crippen LogP contribution in [0.5, 0.6) is 0 Å². The predicted molar refractivity (Wildman–Crippen MR) is 86.4 cm³/mol. The number of aryl methyl sites for hydroxylation is 1. The molecular formula is C18H21F2N3O2. The van der Waals surface area contributed by atoms with Gasteiger partial charge in [-0.3, -0.25) is 9.59 Å². The largest absolute Gasteiger partial charge is 0.368 e. The highest BCUT2D eigenvalue weighted by Crippen LogP contribution is 2.48. The molecule has 2 amide bonds. The fourth-order valence-electron chi connectivity index (χ4n) is 4.59. The summed E-state index contributed by atoms with van der Waals surface area (Å²) >= 11 is 0. The molecule has 1 aromatic rings. The molecule has 1 aromatic carbocycles. The smallest absolute Gasteiger partial charge is 0.240 e. The van der Waals surface area contributed by atoms with Crippen molar-refractivity contribution < 1.29 is 18.4 Å². The van der Waals surface area contributed by atoms with Crippen LogP contribution in [-0.2, 0) is 16.0 Å². The van der Waals surface area contributed by atoms with Crippen LogP contribution in [0.2, 0.25) is 0 Å². The summed E-state index contributed by atoms with van der Waals surface area (Å²) in [6, 6.07) is 1.50. The number of likely N-dealkylation sites (tertiary alicyclic amines) is 1. The molecule has 1 saturated carbocycles. The second kappa shape index (κ2) is 5.76. The van der Waals surface area contributed by atoms with Crippen molar-refractivity contribution >= 4 is 11.8 Å². The highest BCUT2D eigenvalue weighted by Gasteiger charge is 2.55. The van der Waals surface area contributed by atoms with E-state index in [0.29, 0.717) is 30.7 Å². The maximum absolute atomic E-state index is 13.6. The average Bonchev–Trinajstić information content (AvgIpc) is 3.01. The molecular weight excluding hydrogens is 328 g/mol. The molecule has 5 nitrogen and oxygen atoms in total. The van der Waals surface area contributed by atoms with Gasteiger partial charge in [0.05, 0.1) is 0 Å². The summed E-state index contributed by atoms with van der Waals surface area (Å²) in [4.78, 5) is 25.9. The first-order valence-corrected chi connectivity index (χ1v) is 8.70. The van der Waals surface area contributed by atoms with Gasteiger partial charge in [0.15, 0.2) is 11.6 Å². The van der Waals surface area contributed by atoms with Gasteiger partial charge < -0.3 is 16.4 Å². The molecule has 4 N–H and O–H groups in total. The van der Waals surface area contributed by atoms with Gasteiger partial charge in [0.2, 0.25) is 11.8 Å². The summed E-state index contributed by atoms with van der Waals surface area (Å²) < 4.78 is 26.9. The number of carbonyl (C=O) groups excluding carboxylic acids is 2. The zero-order valence-corrected chi connectivity index (χ0v) is 13.8. The number of benzene rings is 1. The van der Waals surface area contributed by atoms with Crippen LogP contribution in [0.1, 0.15) is 42.7 Å². The minimum Gasteiger partial charge on any atom is -0.368 e. The van der Waals surface area contributed by atoms with Crippen molar-refractivity contribution in [2.45, 2.75) is 56.1 Å². The van der Waals surface area contributed by atoms with Crippen LogP contribution in [0.4, 0.5) is 8.78 Å². The lowest BCUT2D eigenvalue weighted by Crippen LogP contribution is -2.47. The molecule has 25 heavy (non-hydrogen) atoms. The zero-order chi connectivity index (χ0) is 17.9. The van der Waals surface area contributed by atoms with E-state index in [-0.39, 0.29) is 24.3 Å². The third-order valence-corrected chi connectivity index (χ3v) is 5.95. The summed E-state index contributed by atoms with van der Waals surface area (Å²) in [5.41, 5.74) is 13.1. The molecule has 1 heterocycles. The highest BCUT2D eigenvalue weighted by molar-refractivity contribution is 5.88. The van der Waals surface area contributed by atoms with E-state index < -0.39 is 29.6 Å². The number of halogens is 2. The van der Waals surface area contributed by atoms with E-state index in [1.54, 1.807) is 4.90 Å². The van der Waals surface area contributed by atoms with Crippen molar-refractivity contribution in [3.05, 3.63) is 34.9 Å². The molecule has 2 aliphatic carbocycles. The summed E-state index contributed by atoms with van der Waals surface area (Å²) in [7, 11) is 0. The van der Waals surface area contributed by atoms with E-state index in [9.17, 15) is 18.4 Å². The zero-order valence-electron chi connectivity index (χ0n) is 13.8. The minimum atomic E-state index is -0.890. The van der Waals surface area contributed by atoms with Crippen LogP contribution in [0.3, 0.4) is 0 Å². The van der Waals surface area contributed by atoms with Gasteiger partial charge in [0, 0.05) is 24.4 Å². The van der Waals surface area contributed by atoms with Crippen molar-refractivity contribution in [3.8, 4) is 0 Å². The molecule has 0 aromatic heterocycles. The number of amides is 2. The minimum absolute atomic E-state index is 0.0795. The number of carbonyl (C=O) groups is 2. The summed E-state index contributed by atoms with van der Waals surface area (Å²) in [5, 5.41) is 0. The van der Waals surface area contributed by atoms with E-state index in [4.69, 9.17) is 11.5 Å². The summed E-state index contributed by atoms with van der Waals surface area (Å²) in [6.07, 6.45) is 2.92. The van der Waals surface area contributed by atoms with Gasteiger partial charge in [0.1, 0.15) is 6.04 Å². The maximum atomic E-state index is 13.6. The Morgan fingerprint density at radius 1 is 1.24 bits per heavy atom. The highest BCUT2D eigenvalue weighted by atomic mass is 19.2. The van der Waals surface area contributed by atoms with Crippen molar-refractivity contribution in [3.63, 3.8) is 0 Å². The van der Waals surface area contributed by atoms with Gasteiger partial charge >= 0.3 is 0 Å². The molecule has 0 bridgehead atoms. The number of primary amides is 1. The van der Waals surface area contributed by atoms with Crippen molar-refractivity contribution in [1.82, 2.24) is 4.90 Å². The molecule has 134 valence electrons. The molecule has 2 fully saturated rings. The Morgan fingerprint density at radius 2 is 1.96 bits per heavy atom. The van der Waals surface area contributed by atoms with Gasteiger partial charge in [-0.05, 0) is 54.9 Å². The van der Waals surface area contributed by atoms with Crippen LogP contribution in [0.15, 0.2) is 12.1 Å². The lowest BCUT2D eigenvalue weighted by atomic mass is 9.91. The molecule has 7 heteroatoms. The Labute approximate surface area is 144 Å². The van der Waals surface area contributed by atoms with E-state index in [1.807, 2.05) is 0 Å². The van der Waals surface area contributed by atoms with Crippen LogP contribution < -0.4 is 11.5 Å². The van der Waals surface area contributed by atoms with Gasteiger partial charge in [-0.15, -0.1) is 0 Å². The van der Waals surface area contributed by atoms with Crippen molar-refractivity contribution in [2.24, 2.45) is 17.4 Å². The van der Waals surface area contributed by atoms with Gasteiger partial charge in [0.25, 0.3) is 0 Å². The van der Waals surface area contributed by atoms with Crippen LogP contribution >= 0.6 is 0 Å². The lowest BCUT2D eigenvalue weighted by molar-refractivity contribution is -0.139. The molecule has 0 radical (unpaired) electrons. The first kappa shape index (κ1) is 16.4. The SMILES string of the molecule is NC(=O)C1CC2CC2N1C(=O)CC(N)C1CCc2cc(F)c(F)cc21. The van der Waals surface area contributed by atoms with Crippen LogP contribution in [0.25, 0.3) is 0 Å². The fourth-order valence-corrected chi connectivity index (χ4v) is 4.59. The average molecular weight is 349 g/mol. The second-order valence-corrected chi connectivity index (χ2v) is 7.50.